The van der Waals surface area contributed by atoms with E-state index in [0.717, 1.165) is 34.0 Å². The van der Waals surface area contributed by atoms with E-state index in [0.29, 0.717) is 0 Å². The fourth-order valence-corrected chi connectivity index (χ4v) is 2.09. The van der Waals surface area contributed by atoms with E-state index in [2.05, 4.69) is 15.9 Å². The van der Waals surface area contributed by atoms with Crippen LogP contribution in [0.25, 0.3) is 0 Å². The molecule has 14 heavy (non-hydrogen) atoms. The van der Waals surface area contributed by atoms with Gasteiger partial charge in [-0.1, -0.05) is 28.1 Å². The van der Waals surface area contributed by atoms with Gasteiger partial charge in [-0.15, -0.1) is 0 Å². The third-order valence-electron chi connectivity index (χ3n) is 2.54. The van der Waals surface area contributed by atoms with Gasteiger partial charge in [-0.2, -0.15) is 0 Å². The summed E-state index contributed by atoms with van der Waals surface area (Å²) in [6.45, 7) is 1.89. The van der Waals surface area contributed by atoms with E-state index in [1.165, 1.54) is 0 Å². The number of aryl methyl sites for hydroxylation is 1. The molecule has 0 amide bonds. The van der Waals surface area contributed by atoms with E-state index < -0.39 is 0 Å². The molecule has 0 heterocycles. The first-order chi connectivity index (χ1) is 6.68. The Labute approximate surface area is 92.0 Å². The van der Waals surface area contributed by atoms with Crippen molar-refractivity contribution in [1.29, 1.82) is 0 Å². The van der Waals surface area contributed by atoms with Crippen LogP contribution in [0, 0.1) is 0 Å². The minimum absolute atomic E-state index is 0.166. The summed E-state index contributed by atoms with van der Waals surface area (Å²) in [6.07, 6.45) is 3.95. The Hall–Kier alpha value is -0.890. The topological polar surface area (TPSA) is 17.1 Å². The Kier molecular flexibility index (Phi) is 2.55. The molecule has 0 aliphatic heterocycles. The highest BCUT2D eigenvalue weighted by Gasteiger charge is 2.15. The molecule has 0 bridgehead atoms. The van der Waals surface area contributed by atoms with Crippen molar-refractivity contribution in [3.63, 3.8) is 0 Å². The number of benzene rings is 1. The zero-order chi connectivity index (χ0) is 10.1. The number of rotatable bonds is 0. The van der Waals surface area contributed by atoms with Gasteiger partial charge in [0.2, 0.25) is 0 Å². The Morgan fingerprint density at radius 2 is 2.14 bits per heavy atom. The maximum absolute atomic E-state index is 11.9. The van der Waals surface area contributed by atoms with Crippen molar-refractivity contribution in [3.8, 4) is 0 Å². The number of ketones is 1. The van der Waals surface area contributed by atoms with Gasteiger partial charge < -0.3 is 0 Å². The molecule has 1 aromatic carbocycles. The molecule has 0 N–H and O–H groups in total. The standard InChI is InChI=1S/C12H11BrO/c1-8-3-2-4-9-5-6-10(13)7-11(9)12(8)14/h3,5-7H,2,4H2,1H3. The summed E-state index contributed by atoms with van der Waals surface area (Å²) in [7, 11) is 0. The normalized spacial score (nSPS) is 15.9. The fourth-order valence-electron chi connectivity index (χ4n) is 1.73. The number of carbonyl (C=O) groups is 1. The van der Waals surface area contributed by atoms with Gasteiger partial charge in [0.05, 0.1) is 0 Å². The van der Waals surface area contributed by atoms with Gasteiger partial charge in [0.15, 0.2) is 5.78 Å². The maximum Gasteiger partial charge on any atom is 0.188 e. The molecule has 0 saturated carbocycles. The summed E-state index contributed by atoms with van der Waals surface area (Å²) in [4.78, 5) is 11.9. The van der Waals surface area contributed by atoms with Crippen molar-refractivity contribution < 1.29 is 4.79 Å². The third-order valence-corrected chi connectivity index (χ3v) is 3.03. The van der Waals surface area contributed by atoms with E-state index in [1.54, 1.807) is 0 Å². The highest BCUT2D eigenvalue weighted by molar-refractivity contribution is 9.10. The second-order valence-corrected chi connectivity index (χ2v) is 4.47. The largest absolute Gasteiger partial charge is 0.289 e. The lowest BCUT2D eigenvalue weighted by Gasteiger charge is -2.05. The van der Waals surface area contributed by atoms with Gasteiger partial charge in [0.1, 0.15) is 0 Å². The molecule has 1 aliphatic carbocycles. The number of Topliss-reactive ketones (excluding diaryl/α,β-unsaturated/α-hetero) is 1. The molecule has 0 saturated heterocycles. The quantitative estimate of drug-likeness (QED) is 0.689. The molecule has 1 aromatic rings. The molecule has 2 heteroatoms. The van der Waals surface area contributed by atoms with Crippen LogP contribution in [0.15, 0.2) is 34.3 Å². The van der Waals surface area contributed by atoms with Crippen molar-refractivity contribution in [3.05, 3.63) is 45.4 Å². The van der Waals surface area contributed by atoms with Crippen molar-refractivity contribution in [1.82, 2.24) is 0 Å². The van der Waals surface area contributed by atoms with Gasteiger partial charge in [-0.25, -0.2) is 0 Å². The molecule has 0 spiro atoms. The smallest absolute Gasteiger partial charge is 0.188 e. The predicted octanol–water partition coefficient (Wildman–Crippen LogP) is 3.52. The van der Waals surface area contributed by atoms with Crippen molar-refractivity contribution in [2.75, 3.05) is 0 Å². The molecule has 2 rings (SSSR count). The second-order valence-electron chi connectivity index (χ2n) is 3.56. The monoisotopic (exact) mass is 250 g/mol. The number of carbonyl (C=O) groups excluding carboxylic acids is 1. The Morgan fingerprint density at radius 1 is 1.36 bits per heavy atom. The Bertz CT molecular complexity index is 418. The first-order valence-electron chi connectivity index (χ1n) is 4.68. The average molecular weight is 251 g/mol. The van der Waals surface area contributed by atoms with Crippen LogP contribution in [0.5, 0.6) is 0 Å². The number of halogens is 1. The van der Waals surface area contributed by atoms with E-state index in [9.17, 15) is 4.79 Å². The summed E-state index contributed by atoms with van der Waals surface area (Å²) in [5.41, 5.74) is 2.87. The van der Waals surface area contributed by atoms with E-state index in [4.69, 9.17) is 0 Å². The molecule has 0 unspecified atom stereocenters. The fraction of sp³-hybridized carbons (Fsp3) is 0.250. The summed E-state index contributed by atoms with van der Waals surface area (Å²) < 4.78 is 0.972. The van der Waals surface area contributed by atoms with Gasteiger partial charge in [-0.05, 0) is 43.0 Å². The summed E-state index contributed by atoms with van der Waals surface area (Å²) in [5.74, 6) is 0.166. The Morgan fingerprint density at radius 3 is 2.93 bits per heavy atom. The maximum atomic E-state index is 11.9. The SMILES string of the molecule is CC1=CCCc2ccc(Br)cc2C1=O. The van der Waals surface area contributed by atoms with Crippen LogP contribution in [-0.2, 0) is 6.42 Å². The number of hydrogen-bond acceptors (Lipinski definition) is 1. The molecule has 0 fully saturated rings. The number of fused-ring (bicyclic) bond motifs is 1. The van der Waals surface area contributed by atoms with Crippen LogP contribution in [0.2, 0.25) is 0 Å². The highest BCUT2D eigenvalue weighted by atomic mass is 79.9. The van der Waals surface area contributed by atoms with Crippen LogP contribution >= 0.6 is 15.9 Å². The molecule has 1 nitrogen and oxygen atoms in total. The van der Waals surface area contributed by atoms with Crippen molar-refractivity contribution >= 4 is 21.7 Å². The lowest BCUT2D eigenvalue weighted by atomic mass is 10.0. The minimum atomic E-state index is 0.166. The van der Waals surface area contributed by atoms with Crippen LogP contribution in [0.1, 0.15) is 29.3 Å². The van der Waals surface area contributed by atoms with Gasteiger partial charge in [0.25, 0.3) is 0 Å². The molecule has 72 valence electrons. The number of allylic oxidation sites excluding steroid dienone is 2. The first kappa shape index (κ1) is 9.66. The van der Waals surface area contributed by atoms with Crippen LogP contribution < -0.4 is 0 Å². The van der Waals surface area contributed by atoms with E-state index in [1.807, 2.05) is 31.2 Å². The lowest BCUT2D eigenvalue weighted by Crippen LogP contribution is -2.02. The molecule has 0 aromatic heterocycles. The zero-order valence-corrected chi connectivity index (χ0v) is 9.60. The molecule has 0 radical (unpaired) electrons. The molecular formula is C12H11BrO. The summed E-state index contributed by atoms with van der Waals surface area (Å²) >= 11 is 3.39. The third kappa shape index (κ3) is 1.67. The summed E-state index contributed by atoms with van der Waals surface area (Å²) in [6, 6.07) is 5.94. The predicted molar refractivity (Wildman–Crippen MR) is 60.6 cm³/mol. The zero-order valence-electron chi connectivity index (χ0n) is 8.01. The molecule has 1 aliphatic rings. The van der Waals surface area contributed by atoms with Crippen molar-refractivity contribution in [2.24, 2.45) is 0 Å². The van der Waals surface area contributed by atoms with E-state index >= 15 is 0 Å². The van der Waals surface area contributed by atoms with Crippen LogP contribution in [0.4, 0.5) is 0 Å². The van der Waals surface area contributed by atoms with Gasteiger partial charge >= 0.3 is 0 Å². The average Bonchev–Trinajstić information content (AvgIpc) is 2.30. The number of hydrogen-bond donors (Lipinski definition) is 0. The van der Waals surface area contributed by atoms with Gasteiger partial charge in [0, 0.05) is 10.0 Å². The second kappa shape index (κ2) is 3.70. The lowest BCUT2D eigenvalue weighted by molar-refractivity contribution is 0.103. The van der Waals surface area contributed by atoms with Crippen LogP contribution in [-0.4, -0.2) is 5.78 Å². The highest BCUT2D eigenvalue weighted by Crippen LogP contribution is 2.23. The summed E-state index contributed by atoms with van der Waals surface area (Å²) in [5, 5.41) is 0. The van der Waals surface area contributed by atoms with Gasteiger partial charge in [-0.3, -0.25) is 4.79 Å². The first-order valence-corrected chi connectivity index (χ1v) is 5.47. The van der Waals surface area contributed by atoms with Crippen molar-refractivity contribution in [2.45, 2.75) is 19.8 Å². The molecular weight excluding hydrogens is 240 g/mol. The van der Waals surface area contributed by atoms with Crippen LogP contribution in [0.3, 0.4) is 0 Å². The Balaban J connectivity index is 2.57. The minimum Gasteiger partial charge on any atom is -0.289 e. The van der Waals surface area contributed by atoms with E-state index in [-0.39, 0.29) is 5.78 Å². The molecule has 0 atom stereocenters.